The molecule has 0 radical (unpaired) electrons. The van der Waals surface area contributed by atoms with Crippen molar-refractivity contribution in [3.05, 3.63) is 58.1 Å². The Bertz CT molecular complexity index is 1090. The smallest absolute Gasteiger partial charge is 0.337 e. The number of nitrogens with one attached hydrogen (secondary N) is 4. The molecule has 0 spiro atoms. The number of anilines is 2. The molecular formula is C18H21N5O6S2. The van der Waals surface area contributed by atoms with Crippen LogP contribution in [0, 0.1) is 10.1 Å². The van der Waals surface area contributed by atoms with Gasteiger partial charge < -0.3 is 10.4 Å². The average molecular weight is 468 g/mol. The minimum atomic E-state index is -4.41. The Morgan fingerprint density at radius 3 is 2.55 bits per heavy atom. The minimum absolute atomic E-state index is 0.0226. The third-order valence-corrected chi connectivity index (χ3v) is 5.65. The third-order valence-electron chi connectivity index (χ3n) is 3.99. The maximum absolute atomic E-state index is 13.0. The lowest BCUT2D eigenvalue weighted by Crippen LogP contribution is -2.39. The molecule has 2 aromatic carbocycles. The van der Waals surface area contributed by atoms with E-state index in [9.17, 15) is 28.4 Å². The largest absolute Gasteiger partial charge is 0.478 e. The maximum atomic E-state index is 13.0. The molecule has 0 bridgehead atoms. The Balaban J connectivity index is 2.36. The second-order valence-electron chi connectivity index (χ2n) is 6.25. The summed E-state index contributed by atoms with van der Waals surface area (Å²) in [5.41, 5.74) is 4.31. The molecule has 0 amide bonds. The van der Waals surface area contributed by atoms with E-state index < -0.39 is 31.5 Å². The van der Waals surface area contributed by atoms with Crippen molar-refractivity contribution < 1.29 is 23.2 Å². The van der Waals surface area contributed by atoms with E-state index in [2.05, 4.69) is 20.9 Å². The number of non-ortho nitro benzene ring substituents is 1. The zero-order chi connectivity index (χ0) is 23.0. The van der Waals surface area contributed by atoms with Crippen LogP contribution in [0.5, 0.6) is 0 Å². The molecule has 11 nitrogen and oxygen atoms in total. The Kier molecular flexibility index (Phi) is 8.10. The number of sulfonamides is 1. The number of carboxylic acids is 1. The highest BCUT2D eigenvalue weighted by molar-refractivity contribution is 7.93. The van der Waals surface area contributed by atoms with Crippen molar-refractivity contribution in [3.8, 4) is 0 Å². The molecule has 5 N–H and O–H groups in total. The van der Waals surface area contributed by atoms with Crippen LogP contribution in [-0.4, -0.2) is 36.1 Å². The Hall–Kier alpha value is -3.45. The highest BCUT2D eigenvalue weighted by atomic mass is 32.2. The van der Waals surface area contributed by atoms with Gasteiger partial charge in [-0.3, -0.25) is 25.7 Å². The number of unbranched alkanes of at least 4 members (excludes halogenated alkanes) is 1. The van der Waals surface area contributed by atoms with Gasteiger partial charge in [0.25, 0.3) is 15.7 Å². The second-order valence-corrected chi connectivity index (χ2v) is 8.31. The first-order valence-electron chi connectivity index (χ1n) is 9.09. The molecule has 0 fully saturated rings. The molecule has 0 aliphatic rings. The Morgan fingerprint density at radius 2 is 1.90 bits per heavy atom. The number of aromatic carboxylic acids is 1. The molecule has 0 aliphatic carbocycles. The Morgan fingerprint density at radius 1 is 1.19 bits per heavy atom. The molecule has 0 unspecified atom stereocenters. The van der Waals surface area contributed by atoms with Crippen LogP contribution in [0.3, 0.4) is 0 Å². The molecule has 2 rings (SSSR count). The summed E-state index contributed by atoms with van der Waals surface area (Å²) in [6, 6.07) is 8.60. The van der Waals surface area contributed by atoms with Gasteiger partial charge in [-0.2, -0.15) is 0 Å². The first kappa shape index (κ1) is 23.8. The number of hydrogen-bond acceptors (Lipinski definition) is 7. The molecule has 31 heavy (non-hydrogen) atoms. The summed E-state index contributed by atoms with van der Waals surface area (Å²) in [5, 5.41) is 23.6. The van der Waals surface area contributed by atoms with Crippen molar-refractivity contribution in [1.82, 2.24) is 10.7 Å². The van der Waals surface area contributed by atoms with Gasteiger partial charge in [-0.15, -0.1) is 0 Å². The summed E-state index contributed by atoms with van der Waals surface area (Å²) in [6.45, 7) is 2.63. The zero-order valence-electron chi connectivity index (χ0n) is 16.4. The molecule has 0 heterocycles. The minimum Gasteiger partial charge on any atom is -0.478 e. The molecule has 13 heteroatoms. The van der Waals surface area contributed by atoms with Gasteiger partial charge in [0, 0.05) is 18.7 Å². The highest BCUT2D eigenvalue weighted by Gasteiger charge is 2.24. The number of nitro benzene ring substituents is 1. The number of nitro groups is 1. The van der Waals surface area contributed by atoms with E-state index in [4.69, 9.17) is 12.2 Å². The topological polar surface area (TPSA) is 163 Å². The zero-order valence-corrected chi connectivity index (χ0v) is 18.0. The SMILES string of the molecule is CCCCNC(=S)NNc1ccc([N+](=O)[O-])cc1S(=O)(=O)Nc1ccccc1C(=O)O. The summed E-state index contributed by atoms with van der Waals surface area (Å²) in [6.07, 6.45) is 1.84. The van der Waals surface area contributed by atoms with Gasteiger partial charge in [-0.1, -0.05) is 25.5 Å². The molecule has 2 aromatic rings. The number of para-hydroxylation sites is 1. The van der Waals surface area contributed by atoms with Crippen LogP contribution < -0.4 is 20.9 Å². The van der Waals surface area contributed by atoms with Gasteiger partial charge in [0.15, 0.2) is 5.11 Å². The summed E-state index contributed by atoms with van der Waals surface area (Å²) in [7, 11) is -4.41. The van der Waals surface area contributed by atoms with Crippen molar-refractivity contribution in [1.29, 1.82) is 0 Å². The molecule has 166 valence electrons. The highest BCUT2D eigenvalue weighted by Crippen LogP contribution is 2.28. The van der Waals surface area contributed by atoms with E-state index in [0.717, 1.165) is 25.0 Å². The van der Waals surface area contributed by atoms with Crippen LogP contribution in [0.15, 0.2) is 47.4 Å². The van der Waals surface area contributed by atoms with E-state index in [1.54, 1.807) is 0 Å². The fraction of sp³-hybridized carbons (Fsp3) is 0.222. The lowest BCUT2D eigenvalue weighted by Gasteiger charge is -2.16. The van der Waals surface area contributed by atoms with E-state index in [1.807, 2.05) is 6.92 Å². The number of nitrogens with zero attached hydrogens (tertiary/aromatic N) is 1. The van der Waals surface area contributed by atoms with Gasteiger partial charge >= 0.3 is 5.97 Å². The summed E-state index contributed by atoms with van der Waals surface area (Å²) >= 11 is 5.10. The van der Waals surface area contributed by atoms with Gasteiger partial charge in [0.2, 0.25) is 0 Å². The van der Waals surface area contributed by atoms with Gasteiger partial charge in [0.1, 0.15) is 4.90 Å². The van der Waals surface area contributed by atoms with Gasteiger partial charge in [-0.25, -0.2) is 13.2 Å². The first-order chi connectivity index (χ1) is 14.7. The summed E-state index contributed by atoms with van der Waals surface area (Å²) in [5.74, 6) is -1.33. The van der Waals surface area contributed by atoms with E-state index in [0.29, 0.717) is 6.54 Å². The monoisotopic (exact) mass is 467 g/mol. The van der Waals surface area contributed by atoms with E-state index >= 15 is 0 Å². The van der Waals surface area contributed by atoms with Crippen LogP contribution in [0.4, 0.5) is 17.1 Å². The summed E-state index contributed by atoms with van der Waals surface area (Å²) in [4.78, 5) is 21.3. The number of benzene rings is 2. The van der Waals surface area contributed by atoms with Crippen LogP contribution in [0.1, 0.15) is 30.1 Å². The van der Waals surface area contributed by atoms with Crippen LogP contribution >= 0.6 is 12.2 Å². The van der Waals surface area contributed by atoms with Gasteiger partial charge in [-0.05, 0) is 36.8 Å². The molecule has 0 aromatic heterocycles. The normalized spacial score (nSPS) is 10.7. The number of rotatable bonds is 10. The van der Waals surface area contributed by atoms with Crippen molar-refractivity contribution in [2.24, 2.45) is 0 Å². The lowest BCUT2D eigenvalue weighted by molar-refractivity contribution is -0.385. The lowest BCUT2D eigenvalue weighted by atomic mass is 10.2. The molecule has 0 saturated carbocycles. The van der Waals surface area contributed by atoms with Gasteiger partial charge in [0.05, 0.1) is 21.9 Å². The molecular weight excluding hydrogens is 446 g/mol. The fourth-order valence-corrected chi connectivity index (χ4v) is 3.87. The van der Waals surface area contributed by atoms with Crippen LogP contribution in [-0.2, 0) is 10.0 Å². The standard InChI is InChI=1S/C18H21N5O6S2/c1-2-3-10-19-18(30)21-20-15-9-8-12(23(26)27)11-16(15)31(28,29)22-14-7-5-4-6-13(14)17(24)25/h4-9,11,20,22H,2-3,10H2,1H3,(H,24,25)(H2,19,21,30). The maximum Gasteiger partial charge on any atom is 0.337 e. The average Bonchev–Trinajstić information content (AvgIpc) is 2.72. The molecule has 0 atom stereocenters. The van der Waals surface area contributed by atoms with Crippen molar-refractivity contribution in [3.63, 3.8) is 0 Å². The predicted molar refractivity (Wildman–Crippen MR) is 120 cm³/mol. The third kappa shape index (κ3) is 6.52. The van der Waals surface area contributed by atoms with E-state index in [1.165, 1.54) is 30.3 Å². The molecule has 0 aliphatic heterocycles. The van der Waals surface area contributed by atoms with Crippen LogP contribution in [0.2, 0.25) is 0 Å². The number of hydrazine groups is 1. The second kappa shape index (κ2) is 10.5. The quantitative estimate of drug-likeness (QED) is 0.152. The van der Waals surface area contributed by atoms with Crippen molar-refractivity contribution >= 4 is 50.4 Å². The van der Waals surface area contributed by atoms with Crippen molar-refractivity contribution in [2.75, 3.05) is 16.7 Å². The first-order valence-corrected chi connectivity index (χ1v) is 11.0. The number of carbonyl (C=O) groups is 1. The number of carboxylic acid groups (broad SMARTS) is 1. The van der Waals surface area contributed by atoms with Crippen LogP contribution in [0.25, 0.3) is 0 Å². The Labute approximate surface area is 184 Å². The molecule has 0 saturated heterocycles. The summed E-state index contributed by atoms with van der Waals surface area (Å²) < 4.78 is 28.1. The number of thiocarbonyl (C=S) groups is 1. The fourth-order valence-electron chi connectivity index (χ4n) is 2.46. The predicted octanol–water partition coefficient (Wildman–Crippen LogP) is 2.68. The van der Waals surface area contributed by atoms with E-state index in [-0.39, 0.29) is 22.1 Å². The van der Waals surface area contributed by atoms with Crippen molar-refractivity contribution in [2.45, 2.75) is 24.7 Å². The number of hydrogen-bond donors (Lipinski definition) is 5.